The Hall–Kier alpha value is -2.15. The van der Waals surface area contributed by atoms with Gasteiger partial charge >= 0.3 is 110 Å². The number of rotatable bonds is 2. The van der Waals surface area contributed by atoms with E-state index in [1.165, 1.54) is 71.2 Å². The third-order valence-corrected chi connectivity index (χ3v) is 8.89. The average molecular weight is 705 g/mol. The molecule has 0 spiro atoms. The number of allylic oxidation sites excluding steroid dienone is 4. The van der Waals surface area contributed by atoms with E-state index in [0.29, 0.717) is 0 Å². The van der Waals surface area contributed by atoms with E-state index in [1.807, 2.05) is 30.4 Å². The number of halogens is 3. The first-order chi connectivity index (χ1) is 19.4. The third-order valence-electron chi connectivity index (χ3n) is 7.22. The van der Waals surface area contributed by atoms with Crippen LogP contribution in [0.25, 0.3) is 21.5 Å². The summed E-state index contributed by atoms with van der Waals surface area (Å²) in [6.07, 6.45) is 10.0. The van der Waals surface area contributed by atoms with Gasteiger partial charge in [-0.3, -0.25) is 6.08 Å². The van der Waals surface area contributed by atoms with Crippen LogP contribution in [0.5, 0.6) is 0 Å². The fraction of sp³-hybridized carbons (Fsp3) is 0.231. The van der Waals surface area contributed by atoms with Crippen LogP contribution in [0.2, 0.25) is 5.02 Å². The van der Waals surface area contributed by atoms with Crippen LogP contribution in [-0.4, -0.2) is 3.21 Å². The van der Waals surface area contributed by atoms with Gasteiger partial charge in [-0.05, 0) is 10.8 Å². The van der Waals surface area contributed by atoms with Crippen LogP contribution in [0.1, 0.15) is 70.2 Å². The molecule has 43 heavy (non-hydrogen) atoms. The molecule has 5 aromatic rings. The SMILES string of the molecule is CC(C)(C)c1ccc2c(c1)[cH-]c1cc(C(C)(C)C)ccc12.Clc1ccc([C](=[Zr+2])c2ccccc2)cc1.[C-]1=CC=CC1.[Cl-].[Cl-]. The Bertz CT molecular complexity index is 1600. The van der Waals surface area contributed by atoms with Crippen LogP contribution < -0.4 is 24.8 Å². The molecule has 0 unspecified atom stereocenters. The van der Waals surface area contributed by atoms with Gasteiger partial charge < -0.3 is 24.8 Å². The van der Waals surface area contributed by atoms with E-state index in [1.54, 1.807) is 0 Å². The normalized spacial score (nSPS) is 12.0. The maximum Gasteiger partial charge on any atom is -0.109 e. The predicted octanol–water partition coefficient (Wildman–Crippen LogP) is 5.08. The van der Waals surface area contributed by atoms with Gasteiger partial charge in [0.1, 0.15) is 0 Å². The van der Waals surface area contributed by atoms with Crippen molar-refractivity contribution < 1.29 is 49.0 Å². The summed E-state index contributed by atoms with van der Waals surface area (Å²) in [4.78, 5) is 0. The zero-order valence-corrected chi connectivity index (χ0v) is 30.5. The molecule has 1 aliphatic rings. The van der Waals surface area contributed by atoms with Gasteiger partial charge in [-0.25, -0.2) is 12.2 Å². The molecule has 0 atom stereocenters. The summed E-state index contributed by atoms with van der Waals surface area (Å²) in [6, 6.07) is 34.6. The van der Waals surface area contributed by atoms with E-state index in [2.05, 4.69) is 133 Å². The maximum absolute atomic E-state index is 5.86. The molecule has 0 aliphatic heterocycles. The monoisotopic (exact) mass is 702 g/mol. The topological polar surface area (TPSA) is 0 Å². The summed E-state index contributed by atoms with van der Waals surface area (Å²) >= 11 is 7.28. The summed E-state index contributed by atoms with van der Waals surface area (Å²) < 4.78 is 1.36. The minimum absolute atomic E-state index is 0. The molecule has 0 N–H and O–H groups in total. The van der Waals surface area contributed by atoms with Crippen LogP contribution in [-0.2, 0) is 35.1 Å². The van der Waals surface area contributed by atoms with Crippen molar-refractivity contribution in [1.82, 2.24) is 0 Å². The number of hydrogen-bond acceptors (Lipinski definition) is 0. The molecule has 6 rings (SSSR count). The Labute approximate surface area is 290 Å². The van der Waals surface area contributed by atoms with E-state index in [4.69, 9.17) is 11.6 Å². The van der Waals surface area contributed by atoms with Crippen LogP contribution in [0.15, 0.2) is 115 Å². The van der Waals surface area contributed by atoms with Crippen LogP contribution in [0.4, 0.5) is 0 Å². The third kappa shape index (κ3) is 10.2. The zero-order chi connectivity index (χ0) is 29.6. The summed E-state index contributed by atoms with van der Waals surface area (Å²) in [6.45, 7) is 13.6. The molecule has 4 heteroatoms. The molecule has 0 heterocycles. The zero-order valence-electron chi connectivity index (χ0n) is 25.8. The molecule has 0 aromatic heterocycles. The Kier molecular flexibility index (Phi) is 14.0. The minimum atomic E-state index is 0. The molecule has 1 aliphatic carbocycles. The first-order valence-electron chi connectivity index (χ1n) is 14.2. The molecule has 0 radical (unpaired) electrons. The van der Waals surface area contributed by atoms with Crippen LogP contribution in [0, 0.1) is 6.08 Å². The fourth-order valence-electron chi connectivity index (χ4n) is 4.68. The first kappa shape index (κ1) is 37.0. The average Bonchev–Trinajstić information content (AvgIpc) is 3.64. The van der Waals surface area contributed by atoms with Crippen molar-refractivity contribution in [2.24, 2.45) is 0 Å². The van der Waals surface area contributed by atoms with Gasteiger partial charge in [0.25, 0.3) is 0 Å². The Morgan fingerprint density at radius 2 is 1.19 bits per heavy atom. The van der Waals surface area contributed by atoms with Gasteiger partial charge in [-0.1, -0.05) is 76.9 Å². The smallest absolute Gasteiger partial charge is 0.109 e. The summed E-state index contributed by atoms with van der Waals surface area (Å²) in [7, 11) is 0. The Balaban J connectivity index is 0.000000256. The molecule has 222 valence electrons. The van der Waals surface area contributed by atoms with E-state index < -0.39 is 0 Å². The Morgan fingerprint density at radius 1 is 0.698 bits per heavy atom. The second-order valence-electron chi connectivity index (χ2n) is 12.5. The Morgan fingerprint density at radius 3 is 1.58 bits per heavy atom. The molecule has 0 nitrogen and oxygen atoms in total. The van der Waals surface area contributed by atoms with E-state index in [0.717, 1.165) is 11.4 Å². The van der Waals surface area contributed by atoms with Crippen molar-refractivity contribution in [2.45, 2.75) is 58.8 Å². The second kappa shape index (κ2) is 16.2. The number of benzene rings is 4. The standard InChI is InChI=1S/C21H25.C13H9Cl.C5H5.2ClH.Zr/c1-20(2,3)16-7-9-18-14(12-16)11-15-13-17(21(4,5)6)8-10-19(15)18;14-13-8-6-12(7-9-13)10-11-4-2-1-3-5-11;1-2-4-5-3-1;;;/h7-13H,1-6H3;1-9H;1-3H,4H2;2*1H;/q-1;;-1;;;+2/p-2. The van der Waals surface area contributed by atoms with Crippen molar-refractivity contribution in [2.75, 3.05) is 0 Å². The summed E-state index contributed by atoms with van der Waals surface area (Å²) in [5, 5.41) is 6.26. The van der Waals surface area contributed by atoms with Gasteiger partial charge in [-0.2, -0.15) is 6.08 Å². The molecule has 5 aromatic carbocycles. The van der Waals surface area contributed by atoms with Crippen molar-refractivity contribution >= 4 is 36.4 Å². The van der Waals surface area contributed by atoms with Gasteiger partial charge in [0.15, 0.2) is 0 Å². The van der Waals surface area contributed by atoms with E-state index in [-0.39, 0.29) is 35.6 Å². The fourth-order valence-corrected chi connectivity index (χ4v) is 5.63. The van der Waals surface area contributed by atoms with E-state index >= 15 is 0 Å². The number of fused-ring (bicyclic) bond motifs is 3. The van der Waals surface area contributed by atoms with E-state index in [9.17, 15) is 0 Å². The predicted molar refractivity (Wildman–Crippen MR) is 177 cm³/mol. The molecular formula is C39H39Cl3Zr-2. The summed E-state index contributed by atoms with van der Waals surface area (Å²) in [5.74, 6) is 0. The first-order valence-corrected chi connectivity index (χ1v) is 15.8. The molecule has 0 saturated heterocycles. The van der Waals surface area contributed by atoms with Crippen molar-refractivity contribution in [3.05, 3.63) is 149 Å². The van der Waals surface area contributed by atoms with Gasteiger partial charge in [0.05, 0.1) is 0 Å². The molecule has 0 saturated carbocycles. The molecule has 0 bridgehead atoms. The second-order valence-corrected chi connectivity index (χ2v) is 14.2. The quantitative estimate of drug-likeness (QED) is 0.225. The molecule has 0 amide bonds. The van der Waals surface area contributed by atoms with Crippen molar-refractivity contribution in [3.8, 4) is 0 Å². The van der Waals surface area contributed by atoms with Gasteiger partial charge in [0.2, 0.25) is 0 Å². The van der Waals surface area contributed by atoms with Crippen LogP contribution >= 0.6 is 11.6 Å². The largest absolute Gasteiger partial charge is 1.00 e. The van der Waals surface area contributed by atoms with Gasteiger partial charge in [0, 0.05) is 0 Å². The van der Waals surface area contributed by atoms with Crippen molar-refractivity contribution in [1.29, 1.82) is 0 Å². The van der Waals surface area contributed by atoms with Crippen LogP contribution in [0.3, 0.4) is 0 Å². The minimum Gasteiger partial charge on any atom is -1.00 e. The number of hydrogen-bond donors (Lipinski definition) is 0. The summed E-state index contributed by atoms with van der Waals surface area (Å²) in [5.41, 5.74) is 5.76. The van der Waals surface area contributed by atoms with Crippen molar-refractivity contribution in [3.63, 3.8) is 0 Å². The molecular weight excluding hydrogens is 666 g/mol. The maximum atomic E-state index is 5.86. The molecule has 0 fully saturated rings. The van der Waals surface area contributed by atoms with Gasteiger partial charge in [-0.15, -0.1) is 46.2 Å².